The van der Waals surface area contributed by atoms with Crippen LogP contribution >= 0.6 is 0 Å². The highest BCUT2D eigenvalue weighted by Gasteiger charge is 2.36. The van der Waals surface area contributed by atoms with Crippen LogP contribution in [0.1, 0.15) is 26.2 Å². The Kier molecular flexibility index (Phi) is 6.05. The lowest BCUT2D eigenvalue weighted by atomic mass is 9.95. The number of amides is 2. The number of hydrogen-bond donors (Lipinski definition) is 1. The van der Waals surface area contributed by atoms with Crippen molar-refractivity contribution in [3.05, 3.63) is 30.3 Å². The molecule has 1 aliphatic rings. The third kappa shape index (κ3) is 4.50. The van der Waals surface area contributed by atoms with Gasteiger partial charge in [-0.3, -0.25) is 13.9 Å². The highest BCUT2D eigenvalue weighted by molar-refractivity contribution is 7.92. The van der Waals surface area contributed by atoms with Gasteiger partial charge in [0.2, 0.25) is 21.8 Å². The van der Waals surface area contributed by atoms with Gasteiger partial charge in [-0.2, -0.15) is 0 Å². The van der Waals surface area contributed by atoms with Crippen molar-refractivity contribution in [2.24, 2.45) is 11.7 Å². The summed E-state index contributed by atoms with van der Waals surface area (Å²) in [5.74, 6) is -0.801. The second-order valence-electron chi connectivity index (χ2n) is 6.32. The smallest absolute Gasteiger partial charge is 0.246 e. The molecule has 2 rings (SSSR count). The quantitative estimate of drug-likeness (QED) is 0.809. The van der Waals surface area contributed by atoms with Crippen LogP contribution in [0.3, 0.4) is 0 Å². The van der Waals surface area contributed by atoms with Crippen LogP contribution in [0.15, 0.2) is 30.3 Å². The first-order chi connectivity index (χ1) is 11.8. The maximum absolute atomic E-state index is 13.0. The van der Waals surface area contributed by atoms with E-state index in [2.05, 4.69) is 0 Å². The molecule has 0 radical (unpaired) electrons. The summed E-state index contributed by atoms with van der Waals surface area (Å²) in [4.78, 5) is 25.9. The minimum Gasteiger partial charge on any atom is -0.369 e. The van der Waals surface area contributed by atoms with Gasteiger partial charge in [-0.25, -0.2) is 8.42 Å². The highest BCUT2D eigenvalue weighted by atomic mass is 32.2. The predicted molar refractivity (Wildman–Crippen MR) is 96.3 cm³/mol. The Labute approximate surface area is 148 Å². The molecule has 0 spiro atoms. The molecule has 0 aromatic heterocycles. The van der Waals surface area contributed by atoms with E-state index in [9.17, 15) is 18.0 Å². The van der Waals surface area contributed by atoms with Gasteiger partial charge < -0.3 is 10.6 Å². The number of piperidine rings is 1. The molecule has 0 aliphatic carbocycles. The van der Waals surface area contributed by atoms with Gasteiger partial charge in [-0.1, -0.05) is 25.1 Å². The number of anilines is 1. The van der Waals surface area contributed by atoms with E-state index in [1.807, 2.05) is 0 Å². The summed E-state index contributed by atoms with van der Waals surface area (Å²) in [6, 6.07) is 7.82. The summed E-state index contributed by atoms with van der Waals surface area (Å²) >= 11 is 0. The maximum Gasteiger partial charge on any atom is 0.246 e. The molecule has 8 heteroatoms. The summed E-state index contributed by atoms with van der Waals surface area (Å²) in [5.41, 5.74) is 5.80. The number of carbonyl (C=O) groups is 2. The standard InChI is InChI=1S/C17H25N3O4S/c1-3-15(17(22)19-11-9-13(10-12-19)16(18)21)20(25(2,23)24)14-7-5-4-6-8-14/h4-8,13,15H,3,9-12H2,1-2H3,(H2,18,21). The number of nitrogens with zero attached hydrogens (tertiary/aromatic N) is 2. The number of nitrogens with two attached hydrogens (primary N) is 1. The fraction of sp³-hybridized carbons (Fsp3) is 0.529. The first-order valence-corrected chi connectivity index (χ1v) is 10.2. The molecule has 0 saturated carbocycles. The molecule has 2 N–H and O–H groups in total. The van der Waals surface area contributed by atoms with Crippen molar-refractivity contribution in [3.63, 3.8) is 0 Å². The number of hydrogen-bond acceptors (Lipinski definition) is 4. The minimum atomic E-state index is -3.63. The molecular formula is C17H25N3O4S. The number of primary amides is 1. The Morgan fingerprint density at radius 3 is 2.24 bits per heavy atom. The molecule has 7 nitrogen and oxygen atoms in total. The summed E-state index contributed by atoms with van der Waals surface area (Å²) < 4.78 is 25.9. The second kappa shape index (κ2) is 7.86. The lowest BCUT2D eigenvalue weighted by molar-refractivity contribution is -0.135. The number of carbonyl (C=O) groups excluding carboxylic acids is 2. The molecule has 1 aromatic carbocycles. The third-order valence-corrected chi connectivity index (χ3v) is 5.71. The van der Waals surface area contributed by atoms with E-state index in [-0.39, 0.29) is 17.7 Å². The molecule has 1 unspecified atom stereocenters. The van der Waals surface area contributed by atoms with Crippen LogP contribution in [0.2, 0.25) is 0 Å². The van der Waals surface area contributed by atoms with Gasteiger partial charge in [0.15, 0.2) is 0 Å². The van der Waals surface area contributed by atoms with Crippen LogP contribution < -0.4 is 10.0 Å². The van der Waals surface area contributed by atoms with E-state index in [1.54, 1.807) is 42.2 Å². The fourth-order valence-corrected chi connectivity index (χ4v) is 4.42. The average Bonchev–Trinajstić information content (AvgIpc) is 2.58. The lowest BCUT2D eigenvalue weighted by Gasteiger charge is -2.37. The average molecular weight is 367 g/mol. The highest BCUT2D eigenvalue weighted by Crippen LogP contribution is 2.25. The van der Waals surface area contributed by atoms with Crippen molar-refractivity contribution in [2.75, 3.05) is 23.7 Å². The molecular weight excluding hydrogens is 342 g/mol. The first-order valence-electron chi connectivity index (χ1n) is 8.38. The van der Waals surface area contributed by atoms with Crippen LogP contribution in [0.25, 0.3) is 0 Å². The number of sulfonamides is 1. The largest absolute Gasteiger partial charge is 0.369 e. The Bertz CT molecular complexity index is 713. The summed E-state index contributed by atoms with van der Waals surface area (Å²) in [6.45, 7) is 2.62. The van der Waals surface area contributed by atoms with Gasteiger partial charge >= 0.3 is 0 Å². The van der Waals surface area contributed by atoms with E-state index >= 15 is 0 Å². The van der Waals surface area contributed by atoms with Crippen molar-refractivity contribution in [1.29, 1.82) is 0 Å². The number of para-hydroxylation sites is 1. The molecule has 138 valence electrons. The predicted octanol–water partition coefficient (Wildman–Crippen LogP) is 0.955. The van der Waals surface area contributed by atoms with E-state index < -0.39 is 16.1 Å². The zero-order valence-electron chi connectivity index (χ0n) is 14.6. The topological polar surface area (TPSA) is 101 Å². The van der Waals surface area contributed by atoms with Crippen LogP contribution in [0.4, 0.5) is 5.69 Å². The van der Waals surface area contributed by atoms with Gasteiger partial charge in [0.05, 0.1) is 11.9 Å². The van der Waals surface area contributed by atoms with Crippen molar-refractivity contribution in [2.45, 2.75) is 32.2 Å². The number of rotatable bonds is 6. The van der Waals surface area contributed by atoms with E-state index in [4.69, 9.17) is 5.73 Å². The van der Waals surface area contributed by atoms with Gasteiger partial charge in [-0.15, -0.1) is 0 Å². The molecule has 25 heavy (non-hydrogen) atoms. The molecule has 1 atom stereocenters. The van der Waals surface area contributed by atoms with Gasteiger partial charge in [0.25, 0.3) is 0 Å². The van der Waals surface area contributed by atoms with E-state index in [0.29, 0.717) is 38.0 Å². The molecule has 1 saturated heterocycles. The Balaban J connectivity index is 2.24. The Hall–Kier alpha value is -2.09. The second-order valence-corrected chi connectivity index (χ2v) is 8.18. The zero-order chi connectivity index (χ0) is 18.6. The lowest BCUT2D eigenvalue weighted by Crippen LogP contribution is -2.53. The van der Waals surface area contributed by atoms with Crippen LogP contribution in [-0.4, -0.2) is 50.5 Å². The summed E-state index contributed by atoms with van der Waals surface area (Å²) in [7, 11) is -3.63. The van der Waals surface area contributed by atoms with Gasteiger partial charge in [0, 0.05) is 19.0 Å². The van der Waals surface area contributed by atoms with Crippen LogP contribution in [-0.2, 0) is 19.6 Å². The molecule has 1 aliphatic heterocycles. The van der Waals surface area contributed by atoms with Crippen molar-refractivity contribution < 1.29 is 18.0 Å². The van der Waals surface area contributed by atoms with Gasteiger partial charge in [-0.05, 0) is 31.4 Å². The van der Waals surface area contributed by atoms with Gasteiger partial charge in [0.1, 0.15) is 6.04 Å². The SMILES string of the molecule is CCC(C(=O)N1CCC(C(N)=O)CC1)N(c1ccccc1)S(C)(=O)=O. The summed E-state index contributed by atoms with van der Waals surface area (Å²) in [5, 5.41) is 0. The normalized spacial score (nSPS) is 17.1. The molecule has 1 fully saturated rings. The van der Waals surface area contributed by atoms with E-state index in [0.717, 1.165) is 6.26 Å². The first kappa shape index (κ1) is 19.2. The van der Waals surface area contributed by atoms with E-state index in [1.165, 1.54) is 4.31 Å². The third-order valence-electron chi connectivity index (χ3n) is 4.53. The van der Waals surface area contributed by atoms with Crippen molar-refractivity contribution in [1.82, 2.24) is 4.90 Å². The Morgan fingerprint density at radius 1 is 1.24 bits per heavy atom. The van der Waals surface area contributed by atoms with Crippen molar-refractivity contribution >= 4 is 27.5 Å². The minimum absolute atomic E-state index is 0.218. The molecule has 1 heterocycles. The number of likely N-dealkylation sites (tertiary alicyclic amines) is 1. The van der Waals surface area contributed by atoms with Crippen LogP contribution in [0, 0.1) is 5.92 Å². The molecule has 0 bridgehead atoms. The monoisotopic (exact) mass is 367 g/mol. The number of benzene rings is 1. The van der Waals surface area contributed by atoms with Crippen LogP contribution in [0.5, 0.6) is 0 Å². The zero-order valence-corrected chi connectivity index (χ0v) is 15.4. The Morgan fingerprint density at radius 2 is 1.80 bits per heavy atom. The maximum atomic E-state index is 13.0. The fourth-order valence-electron chi connectivity index (χ4n) is 3.21. The summed E-state index contributed by atoms with van der Waals surface area (Å²) in [6.07, 6.45) is 2.50. The molecule has 2 amide bonds. The van der Waals surface area contributed by atoms with Crippen molar-refractivity contribution in [3.8, 4) is 0 Å². The molecule has 1 aromatic rings.